The molecule has 0 radical (unpaired) electrons. The molecule has 0 fully saturated rings. The quantitative estimate of drug-likeness (QED) is 0.546. The summed E-state index contributed by atoms with van der Waals surface area (Å²) >= 11 is 0. The summed E-state index contributed by atoms with van der Waals surface area (Å²) in [5, 5.41) is 8.80. The summed E-state index contributed by atoms with van der Waals surface area (Å²) < 4.78 is 19.0. The molecule has 1 aromatic rings. The van der Waals surface area contributed by atoms with E-state index in [0.29, 0.717) is 19.1 Å². The van der Waals surface area contributed by atoms with Crippen molar-refractivity contribution in [3.63, 3.8) is 0 Å². The summed E-state index contributed by atoms with van der Waals surface area (Å²) in [5.41, 5.74) is 0.466. The Labute approximate surface area is 142 Å². The van der Waals surface area contributed by atoms with Gasteiger partial charge in [0, 0.05) is 19.1 Å². The molecule has 7 heteroatoms. The van der Waals surface area contributed by atoms with Gasteiger partial charge in [0.1, 0.15) is 0 Å². The number of benzene rings is 1. The molecule has 0 bridgehead atoms. The van der Waals surface area contributed by atoms with Gasteiger partial charge in [0.05, 0.1) is 13.2 Å². The number of amides is 1. The van der Waals surface area contributed by atoms with Gasteiger partial charge in [-0.05, 0) is 45.4 Å². The normalized spacial score (nSPS) is 11.8. The standard InChI is InChI=1S/C17H27FN4O2/c1-6-24-14-8-7-12(9-13(14)18)10-20-16(19-5)21-11-15(23)22-17(2,3)4/h7-9H,6,10-11H2,1-5H3,(H,22,23)(H2,19,20,21). The molecule has 1 aromatic carbocycles. The van der Waals surface area contributed by atoms with Crippen LogP contribution in [-0.4, -0.2) is 37.6 Å². The van der Waals surface area contributed by atoms with Gasteiger partial charge in [-0.3, -0.25) is 9.79 Å². The van der Waals surface area contributed by atoms with Crippen LogP contribution in [0.3, 0.4) is 0 Å². The van der Waals surface area contributed by atoms with E-state index in [0.717, 1.165) is 5.56 Å². The van der Waals surface area contributed by atoms with Crippen molar-refractivity contribution in [1.29, 1.82) is 0 Å². The van der Waals surface area contributed by atoms with Crippen molar-refractivity contribution in [2.24, 2.45) is 4.99 Å². The Morgan fingerprint density at radius 2 is 2.00 bits per heavy atom. The number of ether oxygens (including phenoxy) is 1. The summed E-state index contributed by atoms with van der Waals surface area (Å²) in [4.78, 5) is 15.8. The molecule has 0 aliphatic heterocycles. The Hall–Kier alpha value is -2.31. The molecule has 0 spiro atoms. The van der Waals surface area contributed by atoms with Gasteiger partial charge < -0.3 is 20.7 Å². The van der Waals surface area contributed by atoms with Crippen molar-refractivity contribution in [3.05, 3.63) is 29.6 Å². The average Bonchev–Trinajstić information content (AvgIpc) is 2.48. The van der Waals surface area contributed by atoms with Crippen molar-refractivity contribution < 1.29 is 13.9 Å². The Morgan fingerprint density at radius 1 is 1.29 bits per heavy atom. The van der Waals surface area contributed by atoms with Crippen LogP contribution in [0.15, 0.2) is 23.2 Å². The highest BCUT2D eigenvalue weighted by Crippen LogP contribution is 2.18. The molecule has 0 aromatic heterocycles. The molecule has 0 aliphatic carbocycles. The Balaban J connectivity index is 2.49. The highest BCUT2D eigenvalue weighted by molar-refractivity contribution is 5.86. The molecular formula is C17H27FN4O2. The van der Waals surface area contributed by atoms with Gasteiger partial charge >= 0.3 is 0 Å². The third-order valence-electron chi connectivity index (χ3n) is 2.91. The van der Waals surface area contributed by atoms with Crippen LogP contribution < -0.4 is 20.7 Å². The van der Waals surface area contributed by atoms with E-state index in [1.54, 1.807) is 26.1 Å². The number of nitrogens with zero attached hydrogens (tertiary/aromatic N) is 1. The fourth-order valence-corrected chi connectivity index (χ4v) is 1.96. The van der Waals surface area contributed by atoms with E-state index in [1.807, 2.05) is 20.8 Å². The van der Waals surface area contributed by atoms with E-state index < -0.39 is 5.82 Å². The molecule has 1 amide bonds. The first-order valence-electron chi connectivity index (χ1n) is 7.92. The second kappa shape index (κ2) is 9.10. The number of aliphatic imine (C=N–C) groups is 1. The summed E-state index contributed by atoms with van der Waals surface area (Å²) in [5.74, 6) is 0.178. The molecule has 1 rings (SSSR count). The Bertz CT molecular complexity index is 582. The molecule has 0 heterocycles. The van der Waals surface area contributed by atoms with Gasteiger partial charge in [-0.2, -0.15) is 0 Å². The van der Waals surface area contributed by atoms with Crippen LogP contribution in [0.2, 0.25) is 0 Å². The highest BCUT2D eigenvalue weighted by atomic mass is 19.1. The number of halogens is 1. The summed E-state index contributed by atoms with van der Waals surface area (Å²) in [6.07, 6.45) is 0. The molecule has 0 atom stereocenters. The molecule has 134 valence electrons. The average molecular weight is 338 g/mol. The first-order chi connectivity index (χ1) is 11.2. The van der Waals surface area contributed by atoms with Crippen LogP contribution >= 0.6 is 0 Å². The maximum absolute atomic E-state index is 13.8. The van der Waals surface area contributed by atoms with Gasteiger partial charge in [0.15, 0.2) is 17.5 Å². The van der Waals surface area contributed by atoms with E-state index in [-0.39, 0.29) is 23.7 Å². The summed E-state index contributed by atoms with van der Waals surface area (Å²) in [7, 11) is 1.61. The highest BCUT2D eigenvalue weighted by Gasteiger charge is 2.13. The van der Waals surface area contributed by atoms with Crippen LogP contribution in [0, 0.1) is 5.82 Å². The molecular weight excluding hydrogens is 311 g/mol. The maximum Gasteiger partial charge on any atom is 0.239 e. The zero-order chi connectivity index (χ0) is 18.2. The molecule has 0 unspecified atom stereocenters. The number of carbonyl (C=O) groups excluding carboxylic acids is 1. The van der Waals surface area contributed by atoms with Crippen LogP contribution in [0.25, 0.3) is 0 Å². The molecule has 0 saturated heterocycles. The third kappa shape index (κ3) is 7.30. The number of nitrogens with one attached hydrogen (secondary N) is 3. The number of rotatable bonds is 6. The number of carbonyl (C=O) groups is 1. The van der Waals surface area contributed by atoms with Crippen molar-refractivity contribution in [3.8, 4) is 5.75 Å². The lowest BCUT2D eigenvalue weighted by Crippen LogP contribution is -2.48. The molecule has 0 saturated carbocycles. The van der Waals surface area contributed by atoms with Gasteiger partial charge in [0.25, 0.3) is 0 Å². The first-order valence-corrected chi connectivity index (χ1v) is 7.92. The topological polar surface area (TPSA) is 74.8 Å². The van der Waals surface area contributed by atoms with E-state index in [4.69, 9.17) is 4.74 Å². The van der Waals surface area contributed by atoms with E-state index in [2.05, 4.69) is 20.9 Å². The largest absolute Gasteiger partial charge is 0.491 e. The zero-order valence-corrected chi connectivity index (χ0v) is 15.0. The summed E-state index contributed by atoms with van der Waals surface area (Å²) in [6, 6.07) is 4.79. The van der Waals surface area contributed by atoms with Crippen LogP contribution in [0.4, 0.5) is 4.39 Å². The fourth-order valence-electron chi connectivity index (χ4n) is 1.96. The van der Waals surface area contributed by atoms with E-state index in [1.165, 1.54) is 6.07 Å². The van der Waals surface area contributed by atoms with E-state index in [9.17, 15) is 9.18 Å². The predicted molar refractivity (Wildman–Crippen MR) is 93.7 cm³/mol. The lowest BCUT2D eigenvalue weighted by atomic mass is 10.1. The van der Waals surface area contributed by atoms with Gasteiger partial charge in [0.2, 0.25) is 5.91 Å². The molecule has 3 N–H and O–H groups in total. The Kier molecular flexibility index (Phi) is 7.48. The summed E-state index contributed by atoms with van der Waals surface area (Å²) in [6.45, 7) is 8.45. The second-order valence-electron chi connectivity index (χ2n) is 6.28. The monoisotopic (exact) mass is 338 g/mol. The fraction of sp³-hybridized carbons (Fsp3) is 0.529. The SMILES string of the molecule is CCOc1ccc(CNC(=NC)NCC(=O)NC(C)(C)C)cc1F. The number of hydrogen-bond acceptors (Lipinski definition) is 3. The zero-order valence-electron chi connectivity index (χ0n) is 15.0. The van der Waals surface area contributed by atoms with Crippen LogP contribution in [0.5, 0.6) is 5.75 Å². The van der Waals surface area contributed by atoms with Gasteiger partial charge in [-0.15, -0.1) is 0 Å². The molecule has 0 aliphatic rings. The minimum Gasteiger partial charge on any atom is -0.491 e. The Morgan fingerprint density at radius 3 is 2.54 bits per heavy atom. The van der Waals surface area contributed by atoms with Crippen molar-refractivity contribution in [2.75, 3.05) is 20.2 Å². The molecule has 24 heavy (non-hydrogen) atoms. The van der Waals surface area contributed by atoms with E-state index >= 15 is 0 Å². The number of guanidine groups is 1. The predicted octanol–water partition coefficient (Wildman–Crippen LogP) is 1.80. The third-order valence-corrected chi connectivity index (χ3v) is 2.91. The maximum atomic E-state index is 13.8. The number of hydrogen-bond donors (Lipinski definition) is 3. The smallest absolute Gasteiger partial charge is 0.239 e. The van der Waals surface area contributed by atoms with Crippen molar-refractivity contribution in [2.45, 2.75) is 39.8 Å². The van der Waals surface area contributed by atoms with Crippen molar-refractivity contribution >= 4 is 11.9 Å². The minimum absolute atomic E-state index is 0.106. The lowest BCUT2D eigenvalue weighted by Gasteiger charge is -2.21. The second-order valence-corrected chi connectivity index (χ2v) is 6.28. The molecule has 6 nitrogen and oxygen atoms in total. The minimum atomic E-state index is -0.399. The van der Waals surface area contributed by atoms with Crippen LogP contribution in [0.1, 0.15) is 33.3 Å². The van der Waals surface area contributed by atoms with Crippen LogP contribution in [-0.2, 0) is 11.3 Å². The van der Waals surface area contributed by atoms with Gasteiger partial charge in [-0.25, -0.2) is 4.39 Å². The van der Waals surface area contributed by atoms with Gasteiger partial charge in [-0.1, -0.05) is 6.07 Å². The first kappa shape index (κ1) is 19.7. The lowest BCUT2D eigenvalue weighted by molar-refractivity contribution is -0.121. The van der Waals surface area contributed by atoms with Crippen molar-refractivity contribution in [1.82, 2.24) is 16.0 Å².